The Hall–Kier alpha value is -1.48. The van der Waals surface area contributed by atoms with E-state index in [1.165, 1.54) is 26.9 Å². The molecule has 0 amide bonds. The number of thiophene rings is 1. The predicted molar refractivity (Wildman–Crippen MR) is 126 cm³/mol. The van der Waals surface area contributed by atoms with E-state index in [-0.39, 0.29) is 5.60 Å². The number of fused-ring (bicyclic) bond motifs is 5. The van der Waals surface area contributed by atoms with Gasteiger partial charge in [0.25, 0.3) is 0 Å². The highest BCUT2D eigenvalue weighted by molar-refractivity contribution is 7.98. The van der Waals surface area contributed by atoms with Crippen molar-refractivity contribution in [1.82, 2.24) is 20.3 Å². The van der Waals surface area contributed by atoms with Crippen molar-refractivity contribution in [2.45, 2.75) is 57.4 Å². The first-order valence-corrected chi connectivity index (χ1v) is 12.7. The Morgan fingerprint density at radius 2 is 1.90 bits per heavy atom. The molecular weight excluding hydrogens is 414 g/mol. The van der Waals surface area contributed by atoms with Crippen LogP contribution >= 0.6 is 23.1 Å². The lowest BCUT2D eigenvalue weighted by molar-refractivity contribution is -0.0402. The van der Waals surface area contributed by atoms with Crippen LogP contribution < -0.4 is 10.2 Å². The van der Waals surface area contributed by atoms with Crippen molar-refractivity contribution >= 4 is 49.3 Å². The second-order valence-corrected chi connectivity index (χ2v) is 10.8. The molecule has 5 heterocycles. The number of nitrogens with one attached hydrogen (secondary N) is 1. The molecule has 0 bridgehead atoms. The fourth-order valence-electron chi connectivity index (χ4n) is 4.52. The average Bonchev–Trinajstić information content (AvgIpc) is 3.10. The quantitative estimate of drug-likeness (QED) is 0.477. The summed E-state index contributed by atoms with van der Waals surface area (Å²) < 4.78 is 7.37. The van der Waals surface area contributed by atoms with Crippen molar-refractivity contribution in [3.05, 3.63) is 16.8 Å². The third-order valence-corrected chi connectivity index (χ3v) is 7.65. The fourth-order valence-corrected chi connectivity index (χ4v) is 6.05. The highest BCUT2D eigenvalue weighted by atomic mass is 32.2. The van der Waals surface area contributed by atoms with E-state index in [0.29, 0.717) is 12.5 Å². The smallest absolute Gasteiger partial charge is 0.189 e. The molecule has 0 saturated carbocycles. The highest BCUT2D eigenvalue weighted by Gasteiger charge is 2.33. The van der Waals surface area contributed by atoms with Crippen molar-refractivity contribution < 1.29 is 4.74 Å². The minimum Gasteiger partial charge on any atom is -0.370 e. The standard InChI is InChI=1S/C22H29N5OS2/c1-12(2)16-14-11-28-22(3,4)10-13(14)15-17-18(30-20(15)24-16)19(26-21(25-17)29-5)27-8-6-23-7-9-27/h12,23H,6-11H2,1-5H3. The molecule has 3 aromatic heterocycles. The molecule has 1 N–H and O–H groups in total. The van der Waals surface area contributed by atoms with E-state index in [4.69, 9.17) is 19.7 Å². The molecule has 0 spiro atoms. The topological polar surface area (TPSA) is 63.2 Å². The van der Waals surface area contributed by atoms with Crippen molar-refractivity contribution in [2.24, 2.45) is 0 Å². The molecule has 6 nitrogen and oxygen atoms in total. The van der Waals surface area contributed by atoms with Crippen LogP contribution in [-0.2, 0) is 17.8 Å². The fraction of sp³-hybridized carbons (Fsp3) is 0.591. The molecule has 5 rings (SSSR count). The molecule has 0 radical (unpaired) electrons. The van der Waals surface area contributed by atoms with Gasteiger partial charge >= 0.3 is 0 Å². The van der Waals surface area contributed by atoms with E-state index in [9.17, 15) is 0 Å². The van der Waals surface area contributed by atoms with E-state index in [2.05, 4.69) is 44.2 Å². The molecule has 8 heteroatoms. The molecule has 160 valence electrons. The maximum atomic E-state index is 6.20. The van der Waals surface area contributed by atoms with Crippen LogP contribution in [0.5, 0.6) is 0 Å². The van der Waals surface area contributed by atoms with Crippen molar-refractivity contribution in [1.29, 1.82) is 0 Å². The average molecular weight is 444 g/mol. The summed E-state index contributed by atoms with van der Waals surface area (Å²) in [6.45, 7) is 13.3. The van der Waals surface area contributed by atoms with Gasteiger partial charge in [-0.1, -0.05) is 25.6 Å². The summed E-state index contributed by atoms with van der Waals surface area (Å²) in [4.78, 5) is 18.6. The van der Waals surface area contributed by atoms with Crippen LogP contribution in [-0.4, -0.2) is 53.0 Å². The van der Waals surface area contributed by atoms with E-state index in [0.717, 1.165) is 53.9 Å². The Kier molecular flexibility index (Phi) is 5.16. The summed E-state index contributed by atoms with van der Waals surface area (Å²) in [6.07, 6.45) is 2.94. The Morgan fingerprint density at radius 3 is 2.60 bits per heavy atom. The Labute approximate surface area is 185 Å². The molecule has 3 aromatic rings. The number of pyridine rings is 1. The van der Waals surface area contributed by atoms with Gasteiger partial charge in [-0.2, -0.15) is 0 Å². The maximum absolute atomic E-state index is 6.20. The van der Waals surface area contributed by atoms with Crippen LogP contribution in [0.25, 0.3) is 20.4 Å². The minimum absolute atomic E-state index is 0.180. The number of rotatable bonds is 3. The van der Waals surface area contributed by atoms with Gasteiger partial charge in [-0.05, 0) is 31.6 Å². The lowest BCUT2D eigenvalue weighted by Gasteiger charge is -2.33. The molecule has 1 fully saturated rings. The number of thioether (sulfide) groups is 1. The summed E-state index contributed by atoms with van der Waals surface area (Å²) >= 11 is 3.37. The molecule has 30 heavy (non-hydrogen) atoms. The van der Waals surface area contributed by atoms with Gasteiger partial charge in [-0.15, -0.1) is 11.3 Å². The molecule has 2 aliphatic rings. The van der Waals surface area contributed by atoms with Gasteiger partial charge in [-0.25, -0.2) is 15.0 Å². The van der Waals surface area contributed by atoms with Gasteiger partial charge in [0.05, 0.1) is 28.1 Å². The zero-order valence-electron chi connectivity index (χ0n) is 18.3. The van der Waals surface area contributed by atoms with Gasteiger partial charge < -0.3 is 15.0 Å². The monoisotopic (exact) mass is 443 g/mol. The molecule has 0 unspecified atom stereocenters. The molecule has 0 aromatic carbocycles. The van der Waals surface area contributed by atoms with Crippen molar-refractivity contribution in [3.63, 3.8) is 0 Å². The number of ether oxygens (including phenoxy) is 1. The number of piperazine rings is 1. The van der Waals surface area contributed by atoms with Crippen LogP contribution in [0.3, 0.4) is 0 Å². The van der Waals surface area contributed by atoms with Gasteiger partial charge in [-0.3, -0.25) is 0 Å². The maximum Gasteiger partial charge on any atom is 0.189 e. The minimum atomic E-state index is -0.180. The Balaban J connectivity index is 1.83. The van der Waals surface area contributed by atoms with Crippen LogP contribution in [0.15, 0.2) is 5.16 Å². The Morgan fingerprint density at radius 1 is 1.13 bits per heavy atom. The normalized spacial score (nSPS) is 19.1. The third kappa shape index (κ3) is 3.38. The van der Waals surface area contributed by atoms with Crippen LogP contribution in [0.4, 0.5) is 5.82 Å². The first-order valence-electron chi connectivity index (χ1n) is 10.7. The van der Waals surface area contributed by atoms with Crippen LogP contribution in [0, 0.1) is 0 Å². The van der Waals surface area contributed by atoms with Gasteiger partial charge in [0.1, 0.15) is 4.83 Å². The Bertz CT molecular complexity index is 1120. The molecule has 2 aliphatic heterocycles. The lowest BCUT2D eigenvalue weighted by Crippen LogP contribution is -2.44. The van der Waals surface area contributed by atoms with Gasteiger partial charge in [0.2, 0.25) is 0 Å². The van der Waals surface area contributed by atoms with Gasteiger partial charge in [0, 0.05) is 43.5 Å². The van der Waals surface area contributed by atoms with E-state index in [1.54, 1.807) is 23.1 Å². The first-order chi connectivity index (χ1) is 14.4. The van der Waals surface area contributed by atoms with Gasteiger partial charge in [0.15, 0.2) is 11.0 Å². The number of nitrogens with zero attached hydrogens (tertiary/aromatic N) is 4. The van der Waals surface area contributed by atoms with E-state index in [1.807, 2.05) is 0 Å². The zero-order valence-corrected chi connectivity index (χ0v) is 20.0. The summed E-state index contributed by atoms with van der Waals surface area (Å²) in [5.74, 6) is 1.43. The second-order valence-electron chi connectivity index (χ2n) is 9.06. The number of hydrogen-bond acceptors (Lipinski definition) is 8. The van der Waals surface area contributed by atoms with Crippen molar-refractivity contribution in [3.8, 4) is 0 Å². The highest BCUT2D eigenvalue weighted by Crippen LogP contribution is 2.44. The number of anilines is 1. The predicted octanol–water partition coefficient (Wildman–Crippen LogP) is 4.35. The second kappa shape index (κ2) is 7.58. The molecule has 0 atom stereocenters. The number of hydrogen-bond donors (Lipinski definition) is 1. The largest absolute Gasteiger partial charge is 0.370 e. The summed E-state index contributed by atoms with van der Waals surface area (Å²) in [5.41, 5.74) is 4.70. The number of aromatic nitrogens is 3. The lowest BCUT2D eigenvalue weighted by atomic mass is 9.87. The SMILES string of the molecule is CSc1nc(N2CCNCC2)c2sc3nc(C(C)C)c4c(c3c2n1)CC(C)(C)OC4. The molecule has 1 saturated heterocycles. The van der Waals surface area contributed by atoms with Crippen molar-refractivity contribution in [2.75, 3.05) is 37.3 Å². The first kappa shape index (κ1) is 20.4. The molecule has 0 aliphatic carbocycles. The summed E-state index contributed by atoms with van der Waals surface area (Å²) in [5, 5.41) is 5.50. The van der Waals surface area contributed by atoms with E-state index < -0.39 is 0 Å². The molecular formula is C22H29N5OS2. The van der Waals surface area contributed by atoms with Crippen LogP contribution in [0.1, 0.15) is 50.4 Å². The van der Waals surface area contributed by atoms with E-state index >= 15 is 0 Å². The summed E-state index contributed by atoms with van der Waals surface area (Å²) in [6, 6.07) is 0. The third-order valence-electron chi connectivity index (χ3n) is 6.03. The summed E-state index contributed by atoms with van der Waals surface area (Å²) in [7, 11) is 0. The van der Waals surface area contributed by atoms with Crippen LogP contribution in [0.2, 0.25) is 0 Å². The zero-order chi connectivity index (χ0) is 21.0.